The number of fused-ring (bicyclic) bond motifs is 3. The van der Waals surface area contributed by atoms with Gasteiger partial charge in [0.25, 0.3) is 0 Å². The van der Waals surface area contributed by atoms with Crippen LogP contribution in [0.5, 0.6) is 0 Å². The number of benzene rings is 1. The van der Waals surface area contributed by atoms with Crippen molar-refractivity contribution in [3.05, 3.63) is 64.1 Å². The number of aromatic nitrogens is 2. The number of aromatic amines is 1. The summed E-state index contributed by atoms with van der Waals surface area (Å²) in [5, 5.41) is 5.01. The van der Waals surface area contributed by atoms with Gasteiger partial charge in [0.15, 0.2) is 0 Å². The van der Waals surface area contributed by atoms with Crippen LogP contribution < -0.4 is 5.32 Å². The third kappa shape index (κ3) is 2.04. The van der Waals surface area contributed by atoms with Crippen LogP contribution >= 0.6 is 0 Å². The van der Waals surface area contributed by atoms with Gasteiger partial charge >= 0.3 is 0 Å². The summed E-state index contributed by atoms with van der Waals surface area (Å²) < 4.78 is 0. The highest BCUT2D eigenvalue weighted by Crippen LogP contribution is 2.34. The number of aryl methyl sites for hydroxylation is 3. The Bertz CT molecular complexity index is 843. The molecule has 1 unspecified atom stereocenters. The zero-order chi connectivity index (χ0) is 15.3. The lowest BCUT2D eigenvalue weighted by Gasteiger charge is -2.24. The molecule has 3 nitrogen and oxygen atoms in total. The van der Waals surface area contributed by atoms with Crippen molar-refractivity contribution < 1.29 is 0 Å². The van der Waals surface area contributed by atoms with Gasteiger partial charge < -0.3 is 10.3 Å². The second-order valence-electron chi connectivity index (χ2n) is 6.42. The first kappa shape index (κ1) is 13.5. The molecule has 3 heterocycles. The Morgan fingerprint density at radius 2 is 1.95 bits per heavy atom. The van der Waals surface area contributed by atoms with E-state index in [0.717, 1.165) is 18.7 Å². The quantitative estimate of drug-likeness (QED) is 0.717. The molecule has 1 atom stereocenters. The predicted molar refractivity (Wildman–Crippen MR) is 90.3 cm³/mol. The van der Waals surface area contributed by atoms with Crippen LogP contribution in [-0.4, -0.2) is 16.5 Å². The van der Waals surface area contributed by atoms with Crippen molar-refractivity contribution in [2.24, 2.45) is 0 Å². The van der Waals surface area contributed by atoms with Gasteiger partial charge in [0.05, 0.1) is 11.7 Å². The van der Waals surface area contributed by atoms with Gasteiger partial charge in [-0.25, -0.2) is 0 Å². The molecule has 3 heteroatoms. The lowest BCUT2D eigenvalue weighted by atomic mass is 9.95. The highest BCUT2D eigenvalue weighted by molar-refractivity contribution is 5.89. The van der Waals surface area contributed by atoms with Crippen molar-refractivity contribution in [2.45, 2.75) is 33.2 Å². The van der Waals surface area contributed by atoms with Gasteiger partial charge in [-0.2, -0.15) is 0 Å². The summed E-state index contributed by atoms with van der Waals surface area (Å²) in [6, 6.07) is 8.96. The minimum Gasteiger partial charge on any atom is -0.357 e. The standard InChI is InChI=1S/C19H21N3/c1-11-4-5-15(21-10-11)19-18-14(6-7-20-19)17-13(3)8-12(2)9-16(17)22-18/h4-5,8-10,19-20,22H,6-7H2,1-3H3. The first-order valence-corrected chi connectivity index (χ1v) is 7.91. The first-order valence-electron chi connectivity index (χ1n) is 7.91. The number of nitrogens with one attached hydrogen (secondary N) is 2. The molecule has 0 aliphatic carbocycles. The van der Waals surface area contributed by atoms with Crippen LogP contribution in [0.15, 0.2) is 30.5 Å². The highest BCUT2D eigenvalue weighted by atomic mass is 15.0. The molecule has 0 saturated carbocycles. The molecular weight excluding hydrogens is 270 g/mol. The second-order valence-corrected chi connectivity index (χ2v) is 6.42. The molecule has 2 aromatic heterocycles. The molecule has 22 heavy (non-hydrogen) atoms. The van der Waals surface area contributed by atoms with E-state index in [0.29, 0.717) is 0 Å². The smallest absolute Gasteiger partial charge is 0.0906 e. The number of hydrogen-bond donors (Lipinski definition) is 2. The van der Waals surface area contributed by atoms with Crippen LogP contribution in [0.1, 0.15) is 39.7 Å². The zero-order valence-corrected chi connectivity index (χ0v) is 13.3. The van der Waals surface area contributed by atoms with Gasteiger partial charge in [-0.1, -0.05) is 12.1 Å². The van der Waals surface area contributed by atoms with E-state index < -0.39 is 0 Å². The van der Waals surface area contributed by atoms with Crippen LogP contribution in [-0.2, 0) is 6.42 Å². The summed E-state index contributed by atoms with van der Waals surface area (Å²) in [5.74, 6) is 0. The van der Waals surface area contributed by atoms with E-state index >= 15 is 0 Å². The summed E-state index contributed by atoms with van der Waals surface area (Å²) in [5.41, 5.74) is 8.95. The molecule has 0 spiro atoms. The van der Waals surface area contributed by atoms with Crippen LogP contribution in [0.25, 0.3) is 10.9 Å². The van der Waals surface area contributed by atoms with E-state index in [-0.39, 0.29) is 6.04 Å². The molecule has 2 N–H and O–H groups in total. The average Bonchev–Trinajstić information content (AvgIpc) is 2.86. The van der Waals surface area contributed by atoms with Gasteiger partial charge in [-0.3, -0.25) is 4.98 Å². The molecule has 1 aliphatic rings. The Morgan fingerprint density at radius 1 is 1.09 bits per heavy atom. The van der Waals surface area contributed by atoms with Crippen LogP contribution in [0.4, 0.5) is 0 Å². The van der Waals surface area contributed by atoms with Crippen LogP contribution in [0.2, 0.25) is 0 Å². The van der Waals surface area contributed by atoms with Crippen molar-refractivity contribution >= 4 is 10.9 Å². The van der Waals surface area contributed by atoms with Gasteiger partial charge in [-0.15, -0.1) is 0 Å². The number of pyridine rings is 1. The summed E-state index contributed by atoms with van der Waals surface area (Å²) in [6.45, 7) is 7.44. The van der Waals surface area contributed by atoms with Crippen molar-refractivity contribution in [2.75, 3.05) is 6.54 Å². The molecule has 1 aliphatic heterocycles. The maximum Gasteiger partial charge on any atom is 0.0906 e. The summed E-state index contributed by atoms with van der Waals surface area (Å²) in [7, 11) is 0. The topological polar surface area (TPSA) is 40.7 Å². The number of H-pyrrole nitrogens is 1. The minimum absolute atomic E-state index is 0.163. The molecule has 3 aromatic rings. The zero-order valence-electron chi connectivity index (χ0n) is 13.3. The van der Waals surface area contributed by atoms with Crippen molar-refractivity contribution in [3.63, 3.8) is 0 Å². The molecule has 0 amide bonds. The Morgan fingerprint density at radius 3 is 2.73 bits per heavy atom. The molecule has 112 valence electrons. The van der Waals surface area contributed by atoms with Crippen molar-refractivity contribution in [1.29, 1.82) is 0 Å². The average molecular weight is 291 g/mol. The van der Waals surface area contributed by atoms with E-state index in [1.54, 1.807) is 0 Å². The van der Waals surface area contributed by atoms with E-state index in [2.05, 4.69) is 60.3 Å². The maximum atomic E-state index is 4.63. The normalized spacial score (nSPS) is 17.7. The largest absolute Gasteiger partial charge is 0.357 e. The Balaban J connectivity index is 1.91. The minimum atomic E-state index is 0.163. The third-order valence-corrected chi connectivity index (χ3v) is 4.62. The Hall–Kier alpha value is -2.13. The molecule has 4 rings (SSSR count). The third-order valence-electron chi connectivity index (χ3n) is 4.62. The SMILES string of the molecule is Cc1ccc(C2NCCc3c2[nH]c2cc(C)cc(C)c32)nc1. The lowest BCUT2D eigenvalue weighted by Crippen LogP contribution is -2.31. The van der Waals surface area contributed by atoms with E-state index in [1.165, 1.54) is 38.9 Å². The second kappa shape index (κ2) is 4.96. The van der Waals surface area contributed by atoms with Gasteiger partial charge in [0, 0.05) is 29.3 Å². The van der Waals surface area contributed by atoms with Gasteiger partial charge in [-0.05, 0) is 61.6 Å². The molecule has 0 fully saturated rings. The molecule has 0 bridgehead atoms. The fourth-order valence-electron chi connectivity index (χ4n) is 3.67. The Kier molecular flexibility index (Phi) is 3.05. The maximum absolute atomic E-state index is 4.63. The lowest BCUT2D eigenvalue weighted by molar-refractivity contribution is 0.549. The molecule has 0 radical (unpaired) electrons. The van der Waals surface area contributed by atoms with Gasteiger partial charge in [0.2, 0.25) is 0 Å². The predicted octanol–water partition coefficient (Wildman–Crippen LogP) is 3.72. The van der Waals surface area contributed by atoms with Crippen molar-refractivity contribution in [3.8, 4) is 0 Å². The van der Waals surface area contributed by atoms with Crippen molar-refractivity contribution in [1.82, 2.24) is 15.3 Å². The van der Waals surface area contributed by atoms with Crippen LogP contribution in [0.3, 0.4) is 0 Å². The number of rotatable bonds is 1. The summed E-state index contributed by atoms with van der Waals surface area (Å²) in [6.07, 6.45) is 3.02. The van der Waals surface area contributed by atoms with E-state index in [1.807, 2.05) is 6.20 Å². The van der Waals surface area contributed by atoms with E-state index in [4.69, 9.17) is 0 Å². The fraction of sp³-hybridized carbons (Fsp3) is 0.316. The summed E-state index contributed by atoms with van der Waals surface area (Å²) >= 11 is 0. The number of nitrogens with zero attached hydrogens (tertiary/aromatic N) is 1. The monoisotopic (exact) mass is 291 g/mol. The molecular formula is C19H21N3. The highest BCUT2D eigenvalue weighted by Gasteiger charge is 2.26. The molecule has 0 saturated heterocycles. The van der Waals surface area contributed by atoms with Gasteiger partial charge in [0.1, 0.15) is 0 Å². The number of hydrogen-bond acceptors (Lipinski definition) is 2. The fourth-order valence-corrected chi connectivity index (χ4v) is 3.67. The van der Waals surface area contributed by atoms with E-state index in [9.17, 15) is 0 Å². The first-order chi connectivity index (χ1) is 10.6. The van der Waals surface area contributed by atoms with Crippen LogP contribution in [0, 0.1) is 20.8 Å². The Labute approximate surface area is 130 Å². The molecule has 1 aromatic carbocycles. The summed E-state index contributed by atoms with van der Waals surface area (Å²) in [4.78, 5) is 8.29.